The Kier molecular flexibility index (Phi) is 4.59. The first-order valence-corrected chi connectivity index (χ1v) is 7.13. The quantitative estimate of drug-likeness (QED) is 0.852. The predicted octanol–water partition coefficient (Wildman–Crippen LogP) is 2.52. The normalized spacial score (nSPS) is 15.0. The molecule has 1 aromatic carbocycles. The van der Waals surface area contributed by atoms with E-state index in [0.29, 0.717) is 18.5 Å². The van der Waals surface area contributed by atoms with Crippen LogP contribution in [0.1, 0.15) is 43.7 Å². The molecule has 19 heavy (non-hydrogen) atoms. The van der Waals surface area contributed by atoms with Gasteiger partial charge in [-0.2, -0.15) is 0 Å². The molecule has 0 aromatic heterocycles. The molecule has 3 heteroatoms. The number of carbonyl (C=O) groups is 1. The van der Waals surface area contributed by atoms with E-state index in [1.165, 1.54) is 24.0 Å². The number of amides is 1. The van der Waals surface area contributed by atoms with Crippen molar-refractivity contribution in [3.63, 3.8) is 0 Å². The fraction of sp³-hybridized carbons (Fsp3) is 0.562. The van der Waals surface area contributed by atoms with Gasteiger partial charge in [-0.05, 0) is 29.9 Å². The van der Waals surface area contributed by atoms with Gasteiger partial charge in [0.15, 0.2) is 0 Å². The van der Waals surface area contributed by atoms with Crippen LogP contribution in [-0.4, -0.2) is 30.4 Å². The topological polar surface area (TPSA) is 32.3 Å². The standard InChI is InChI=1S/C16H24N2O/c1-12(2)14-6-4-13(5-7-14)10-18(15-8-9-15)11-16(19)17-3/h4-7,12,15H,8-11H2,1-3H3,(H,17,19). The minimum Gasteiger partial charge on any atom is -0.358 e. The zero-order valence-electron chi connectivity index (χ0n) is 12.1. The van der Waals surface area contributed by atoms with E-state index in [1.807, 2.05) is 0 Å². The van der Waals surface area contributed by atoms with Crippen LogP contribution in [0.4, 0.5) is 0 Å². The number of likely N-dealkylation sites (N-methyl/N-ethyl adjacent to an activating group) is 1. The lowest BCUT2D eigenvalue weighted by molar-refractivity contribution is -0.122. The highest BCUT2D eigenvalue weighted by Gasteiger charge is 2.29. The Hall–Kier alpha value is -1.35. The van der Waals surface area contributed by atoms with Crippen LogP contribution in [0.15, 0.2) is 24.3 Å². The van der Waals surface area contributed by atoms with E-state index in [1.54, 1.807) is 7.05 Å². The lowest BCUT2D eigenvalue weighted by Gasteiger charge is -2.21. The van der Waals surface area contributed by atoms with E-state index >= 15 is 0 Å². The monoisotopic (exact) mass is 260 g/mol. The van der Waals surface area contributed by atoms with Crippen LogP contribution in [0.5, 0.6) is 0 Å². The van der Waals surface area contributed by atoms with Crippen LogP contribution in [0, 0.1) is 0 Å². The van der Waals surface area contributed by atoms with Crippen molar-refractivity contribution in [1.29, 1.82) is 0 Å². The number of carbonyl (C=O) groups excluding carboxylic acids is 1. The highest BCUT2D eigenvalue weighted by atomic mass is 16.1. The molecule has 0 saturated heterocycles. The Morgan fingerprint density at radius 3 is 2.42 bits per heavy atom. The molecule has 104 valence electrons. The van der Waals surface area contributed by atoms with Crippen LogP contribution in [0.2, 0.25) is 0 Å². The molecule has 1 fully saturated rings. The van der Waals surface area contributed by atoms with Gasteiger partial charge in [-0.1, -0.05) is 38.1 Å². The van der Waals surface area contributed by atoms with Gasteiger partial charge in [-0.3, -0.25) is 9.69 Å². The van der Waals surface area contributed by atoms with E-state index in [4.69, 9.17) is 0 Å². The van der Waals surface area contributed by atoms with Gasteiger partial charge in [0.05, 0.1) is 6.54 Å². The summed E-state index contributed by atoms with van der Waals surface area (Å²) in [7, 11) is 1.70. The molecule has 0 heterocycles. The van der Waals surface area contributed by atoms with Crippen LogP contribution < -0.4 is 5.32 Å². The predicted molar refractivity (Wildman–Crippen MR) is 78.0 cm³/mol. The smallest absolute Gasteiger partial charge is 0.233 e. The average Bonchev–Trinajstić information content (AvgIpc) is 3.22. The SMILES string of the molecule is CNC(=O)CN(Cc1ccc(C(C)C)cc1)C1CC1. The number of hydrogen-bond acceptors (Lipinski definition) is 2. The molecule has 3 nitrogen and oxygen atoms in total. The van der Waals surface area contributed by atoms with Crippen LogP contribution in [0.25, 0.3) is 0 Å². The summed E-state index contributed by atoms with van der Waals surface area (Å²) in [5.74, 6) is 0.671. The summed E-state index contributed by atoms with van der Waals surface area (Å²) in [6, 6.07) is 9.38. The maximum atomic E-state index is 11.5. The molecule has 1 aromatic rings. The minimum atomic E-state index is 0.103. The summed E-state index contributed by atoms with van der Waals surface area (Å²) in [5.41, 5.74) is 2.66. The molecule has 1 amide bonds. The average molecular weight is 260 g/mol. The Morgan fingerprint density at radius 1 is 1.32 bits per heavy atom. The van der Waals surface area contributed by atoms with Crippen molar-refractivity contribution in [3.05, 3.63) is 35.4 Å². The first-order valence-electron chi connectivity index (χ1n) is 7.13. The van der Waals surface area contributed by atoms with Gasteiger partial charge in [0.2, 0.25) is 5.91 Å². The van der Waals surface area contributed by atoms with Crippen LogP contribution >= 0.6 is 0 Å². The first-order chi connectivity index (χ1) is 9.10. The van der Waals surface area contributed by atoms with Crippen LogP contribution in [0.3, 0.4) is 0 Å². The molecule has 1 saturated carbocycles. The summed E-state index contributed by atoms with van der Waals surface area (Å²) >= 11 is 0. The van der Waals surface area contributed by atoms with Gasteiger partial charge < -0.3 is 5.32 Å². The maximum absolute atomic E-state index is 11.5. The summed E-state index contributed by atoms with van der Waals surface area (Å²) in [6.07, 6.45) is 2.45. The fourth-order valence-electron chi connectivity index (χ4n) is 2.26. The first kappa shape index (κ1) is 14.1. The van der Waals surface area contributed by atoms with Gasteiger partial charge in [0.25, 0.3) is 0 Å². The zero-order valence-corrected chi connectivity index (χ0v) is 12.1. The molecule has 0 unspecified atom stereocenters. The van der Waals surface area contributed by atoms with E-state index < -0.39 is 0 Å². The second kappa shape index (κ2) is 6.20. The van der Waals surface area contributed by atoms with Crippen molar-refractivity contribution >= 4 is 5.91 Å². The van der Waals surface area contributed by atoms with Gasteiger partial charge >= 0.3 is 0 Å². The van der Waals surface area contributed by atoms with Gasteiger partial charge in [-0.25, -0.2) is 0 Å². The van der Waals surface area contributed by atoms with Crippen LogP contribution in [-0.2, 0) is 11.3 Å². The highest BCUT2D eigenvalue weighted by molar-refractivity contribution is 5.77. The second-order valence-electron chi connectivity index (χ2n) is 5.71. The number of nitrogens with one attached hydrogen (secondary N) is 1. The molecule has 0 radical (unpaired) electrons. The van der Waals surface area contributed by atoms with Crippen molar-refractivity contribution in [3.8, 4) is 0 Å². The third kappa shape index (κ3) is 4.06. The molecule has 1 aliphatic rings. The number of benzene rings is 1. The molecular weight excluding hydrogens is 236 g/mol. The number of hydrogen-bond donors (Lipinski definition) is 1. The van der Waals surface area contributed by atoms with E-state index in [0.717, 1.165) is 6.54 Å². The van der Waals surface area contributed by atoms with Crippen molar-refractivity contribution in [2.24, 2.45) is 0 Å². The third-order valence-electron chi connectivity index (χ3n) is 3.72. The number of rotatable bonds is 6. The van der Waals surface area contributed by atoms with E-state index in [2.05, 4.69) is 48.3 Å². The van der Waals surface area contributed by atoms with Crippen molar-refractivity contribution < 1.29 is 4.79 Å². The summed E-state index contributed by atoms with van der Waals surface area (Å²) in [5, 5.41) is 2.71. The molecule has 1 aliphatic carbocycles. The highest BCUT2D eigenvalue weighted by Crippen LogP contribution is 2.28. The molecule has 0 bridgehead atoms. The lowest BCUT2D eigenvalue weighted by Crippen LogP contribution is -2.36. The van der Waals surface area contributed by atoms with Gasteiger partial charge in [0, 0.05) is 19.6 Å². The Morgan fingerprint density at radius 2 is 1.95 bits per heavy atom. The molecular formula is C16H24N2O. The molecule has 0 aliphatic heterocycles. The van der Waals surface area contributed by atoms with E-state index in [9.17, 15) is 4.79 Å². The Bertz CT molecular complexity index is 421. The molecule has 0 atom stereocenters. The van der Waals surface area contributed by atoms with Crippen molar-refractivity contribution in [2.75, 3.05) is 13.6 Å². The molecule has 1 N–H and O–H groups in total. The fourth-order valence-corrected chi connectivity index (χ4v) is 2.26. The minimum absolute atomic E-state index is 0.103. The maximum Gasteiger partial charge on any atom is 0.233 e. The Balaban J connectivity index is 1.98. The van der Waals surface area contributed by atoms with Crippen molar-refractivity contribution in [1.82, 2.24) is 10.2 Å². The van der Waals surface area contributed by atoms with Gasteiger partial charge in [0.1, 0.15) is 0 Å². The van der Waals surface area contributed by atoms with E-state index in [-0.39, 0.29) is 5.91 Å². The summed E-state index contributed by atoms with van der Waals surface area (Å²) < 4.78 is 0. The second-order valence-corrected chi connectivity index (χ2v) is 5.71. The van der Waals surface area contributed by atoms with Gasteiger partial charge in [-0.15, -0.1) is 0 Å². The summed E-state index contributed by atoms with van der Waals surface area (Å²) in [6.45, 7) is 5.79. The Labute approximate surface area is 116 Å². The third-order valence-corrected chi connectivity index (χ3v) is 3.72. The number of nitrogens with zero attached hydrogens (tertiary/aromatic N) is 1. The lowest BCUT2D eigenvalue weighted by atomic mass is 10.0. The van der Waals surface area contributed by atoms with Crippen molar-refractivity contribution in [2.45, 2.75) is 45.2 Å². The summed E-state index contributed by atoms with van der Waals surface area (Å²) in [4.78, 5) is 13.8. The zero-order chi connectivity index (χ0) is 13.8. The molecule has 2 rings (SSSR count). The largest absolute Gasteiger partial charge is 0.358 e. The molecule has 0 spiro atoms.